The first-order valence-corrected chi connectivity index (χ1v) is 6.04. The van der Waals surface area contributed by atoms with Crippen molar-refractivity contribution in [2.75, 3.05) is 18.0 Å². The third-order valence-corrected chi connectivity index (χ3v) is 3.86. The quantitative estimate of drug-likeness (QED) is 0.685. The highest BCUT2D eigenvalue weighted by molar-refractivity contribution is 7.17. The van der Waals surface area contributed by atoms with E-state index in [0.29, 0.717) is 0 Å². The summed E-state index contributed by atoms with van der Waals surface area (Å²) in [6.45, 7) is 2.47. The van der Waals surface area contributed by atoms with Crippen molar-refractivity contribution >= 4 is 27.1 Å². The molecule has 1 aliphatic rings. The van der Waals surface area contributed by atoms with E-state index < -0.39 is 0 Å². The molecule has 1 aliphatic heterocycles. The number of hydrogen-bond donors (Lipinski definition) is 0. The summed E-state index contributed by atoms with van der Waals surface area (Å²) in [5.41, 5.74) is 1.45. The molecule has 2 aromatic rings. The van der Waals surface area contributed by atoms with Gasteiger partial charge in [0.05, 0.1) is 5.69 Å². The van der Waals surface area contributed by atoms with Crippen LogP contribution < -0.4 is 4.90 Å². The van der Waals surface area contributed by atoms with Crippen molar-refractivity contribution in [3.63, 3.8) is 0 Å². The Morgan fingerprint density at radius 3 is 2.71 bits per heavy atom. The van der Waals surface area contributed by atoms with Crippen molar-refractivity contribution in [1.29, 1.82) is 0 Å². The van der Waals surface area contributed by atoms with E-state index in [9.17, 15) is 0 Å². The van der Waals surface area contributed by atoms with Gasteiger partial charge in [0, 0.05) is 28.6 Å². The Morgan fingerprint density at radius 2 is 1.86 bits per heavy atom. The Hall–Kier alpha value is -1.02. The molecule has 0 unspecified atom stereocenters. The van der Waals surface area contributed by atoms with Gasteiger partial charge in [0.2, 0.25) is 0 Å². The van der Waals surface area contributed by atoms with Crippen LogP contribution in [-0.2, 0) is 0 Å². The molecule has 14 heavy (non-hydrogen) atoms. The summed E-state index contributed by atoms with van der Waals surface area (Å²) >= 11 is 1.86. The van der Waals surface area contributed by atoms with E-state index in [1.165, 1.54) is 41.7 Å². The number of fused-ring (bicyclic) bond motifs is 1. The number of benzene rings is 1. The van der Waals surface area contributed by atoms with Gasteiger partial charge in [-0.1, -0.05) is 18.2 Å². The molecule has 0 spiro atoms. The zero-order chi connectivity index (χ0) is 9.38. The fraction of sp³-hybridized carbons (Fsp3) is 0.333. The van der Waals surface area contributed by atoms with Crippen LogP contribution in [0.25, 0.3) is 10.1 Å². The number of rotatable bonds is 1. The van der Waals surface area contributed by atoms with Gasteiger partial charge in [0.1, 0.15) is 0 Å². The van der Waals surface area contributed by atoms with Crippen LogP contribution in [-0.4, -0.2) is 13.1 Å². The molecule has 72 valence electrons. The van der Waals surface area contributed by atoms with Crippen LogP contribution >= 0.6 is 11.3 Å². The highest BCUT2D eigenvalue weighted by Gasteiger charge is 2.15. The van der Waals surface area contributed by atoms with E-state index in [2.05, 4.69) is 34.5 Å². The summed E-state index contributed by atoms with van der Waals surface area (Å²) in [7, 11) is 0. The molecule has 0 atom stereocenters. The lowest BCUT2D eigenvalue weighted by Crippen LogP contribution is -2.16. The van der Waals surface area contributed by atoms with Crippen LogP contribution in [0.15, 0.2) is 29.6 Å². The minimum Gasteiger partial charge on any atom is -0.370 e. The first-order valence-electron chi connectivity index (χ1n) is 5.16. The highest BCUT2D eigenvalue weighted by atomic mass is 32.1. The molecule has 2 heteroatoms. The molecular weight excluding hydrogens is 190 g/mol. The summed E-state index contributed by atoms with van der Waals surface area (Å²) in [4.78, 5) is 2.51. The molecule has 1 aromatic heterocycles. The topological polar surface area (TPSA) is 3.24 Å². The summed E-state index contributed by atoms with van der Waals surface area (Å²) in [6.07, 6.45) is 2.70. The molecule has 0 bridgehead atoms. The van der Waals surface area contributed by atoms with Gasteiger partial charge in [-0.3, -0.25) is 0 Å². The second kappa shape index (κ2) is 3.28. The largest absolute Gasteiger partial charge is 0.370 e. The molecule has 1 saturated heterocycles. The average molecular weight is 203 g/mol. The van der Waals surface area contributed by atoms with E-state index in [-0.39, 0.29) is 0 Å². The molecule has 0 radical (unpaired) electrons. The molecule has 1 fully saturated rings. The second-order valence-corrected chi connectivity index (χ2v) is 4.72. The number of hydrogen-bond acceptors (Lipinski definition) is 2. The van der Waals surface area contributed by atoms with Crippen LogP contribution in [0.3, 0.4) is 0 Å². The van der Waals surface area contributed by atoms with Crippen molar-refractivity contribution < 1.29 is 0 Å². The fourth-order valence-electron chi connectivity index (χ4n) is 2.17. The molecule has 2 heterocycles. The van der Waals surface area contributed by atoms with Gasteiger partial charge in [0.15, 0.2) is 0 Å². The lowest BCUT2D eigenvalue weighted by atomic mass is 10.2. The zero-order valence-corrected chi connectivity index (χ0v) is 8.89. The lowest BCUT2D eigenvalue weighted by Gasteiger charge is -2.15. The first-order chi connectivity index (χ1) is 6.95. The molecule has 3 rings (SSSR count). The van der Waals surface area contributed by atoms with Crippen molar-refractivity contribution in [1.82, 2.24) is 0 Å². The van der Waals surface area contributed by atoms with Gasteiger partial charge in [-0.15, -0.1) is 11.3 Å². The maximum absolute atomic E-state index is 2.51. The van der Waals surface area contributed by atoms with Gasteiger partial charge in [-0.05, 0) is 18.9 Å². The molecule has 1 nitrogen and oxygen atoms in total. The summed E-state index contributed by atoms with van der Waals surface area (Å²) in [5.74, 6) is 0. The van der Waals surface area contributed by atoms with E-state index in [1.54, 1.807) is 0 Å². The predicted octanol–water partition coefficient (Wildman–Crippen LogP) is 3.50. The Balaban J connectivity index is 2.11. The van der Waals surface area contributed by atoms with E-state index in [4.69, 9.17) is 0 Å². The van der Waals surface area contributed by atoms with Crippen LogP contribution in [0.4, 0.5) is 5.69 Å². The Kier molecular flexibility index (Phi) is 1.95. The lowest BCUT2D eigenvalue weighted by molar-refractivity contribution is 0.949. The number of anilines is 1. The minimum absolute atomic E-state index is 1.24. The van der Waals surface area contributed by atoms with Crippen molar-refractivity contribution in [3.8, 4) is 0 Å². The standard InChI is InChI=1S/C12H13NS/c1-2-6-12-10(5-1)11(9-14-12)13-7-3-4-8-13/h1-2,5-6,9H,3-4,7-8H2. The normalized spacial score (nSPS) is 16.7. The second-order valence-electron chi connectivity index (χ2n) is 3.81. The van der Waals surface area contributed by atoms with Crippen LogP contribution in [0.5, 0.6) is 0 Å². The summed E-state index contributed by atoms with van der Waals surface area (Å²) in [6, 6.07) is 8.69. The number of nitrogens with zero attached hydrogens (tertiary/aromatic N) is 1. The molecule has 0 N–H and O–H groups in total. The van der Waals surface area contributed by atoms with Gasteiger partial charge >= 0.3 is 0 Å². The van der Waals surface area contributed by atoms with E-state index in [1.807, 2.05) is 11.3 Å². The maximum Gasteiger partial charge on any atom is 0.0554 e. The molecule has 0 amide bonds. The Morgan fingerprint density at radius 1 is 1.07 bits per heavy atom. The van der Waals surface area contributed by atoms with Crippen LogP contribution in [0, 0.1) is 0 Å². The molecular formula is C12H13NS. The Bertz CT molecular complexity index is 440. The average Bonchev–Trinajstić information content (AvgIpc) is 2.85. The van der Waals surface area contributed by atoms with E-state index >= 15 is 0 Å². The third-order valence-electron chi connectivity index (χ3n) is 2.91. The van der Waals surface area contributed by atoms with Crippen molar-refractivity contribution in [2.24, 2.45) is 0 Å². The maximum atomic E-state index is 2.51. The SMILES string of the molecule is c1ccc2c(N3CCCC3)csc2c1. The molecule has 0 saturated carbocycles. The monoisotopic (exact) mass is 203 g/mol. The van der Waals surface area contributed by atoms with E-state index in [0.717, 1.165) is 0 Å². The van der Waals surface area contributed by atoms with Gasteiger partial charge in [0.25, 0.3) is 0 Å². The van der Waals surface area contributed by atoms with Gasteiger partial charge in [-0.2, -0.15) is 0 Å². The predicted molar refractivity (Wildman–Crippen MR) is 63.3 cm³/mol. The van der Waals surface area contributed by atoms with Crippen LogP contribution in [0.1, 0.15) is 12.8 Å². The van der Waals surface area contributed by atoms with Crippen LogP contribution in [0.2, 0.25) is 0 Å². The molecule has 1 aromatic carbocycles. The van der Waals surface area contributed by atoms with Gasteiger partial charge in [-0.25, -0.2) is 0 Å². The van der Waals surface area contributed by atoms with Crippen molar-refractivity contribution in [2.45, 2.75) is 12.8 Å². The highest BCUT2D eigenvalue weighted by Crippen LogP contribution is 2.34. The van der Waals surface area contributed by atoms with Crippen molar-refractivity contribution in [3.05, 3.63) is 29.6 Å². The Labute approximate surface area is 88.0 Å². The number of thiophene rings is 1. The zero-order valence-electron chi connectivity index (χ0n) is 8.07. The fourth-order valence-corrected chi connectivity index (χ4v) is 3.14. The first kappa shape index (κ1) is 8.30. The minimum atomic E-state index is 1.24. The van der Waals surface area contributed by atoms with Gasteiger partial charge < -0.3 is 4.90 Å². The third kappa shape index (κ3) is 1.22. The summed E-state index contributed by atoms with van der Waals surface area (Å²) in [5, 5.41) is 3.73. The summed E-state index contributed by atoms with van der Waals surface area (Å²) < 4.78 is 1.41. The molecule has 0 aliphatic carbocycles. The smallest absolute Gasteiger partial charge is 0.0554 e.